The topological polar surface area (TPSA) is 18.5 Å². The van der Waals surface area contributed by atoms with Crippen LogP contribution in [-0.4, -0.2) is 11.2 Å². The van der Waals surface area contributed by atoms with Crippen molar-refractivity contribution in [1.29, 1.82) is 0 Å². The second kappa shape index (κ2) is 12.8. The van der Waals surface area contributed by atoms with Gasteiger partial charge < -0.3 is 0 Å². The molecule has 0 unspecified atom stereocenters. The van der Waals surface area contributed by atoms with Crippen molar-refractivity contribution in [3.8, 4) is 11.8 Å². The number of hydrogen-bond donors (Lipinski definition) is 0. The fourth-order valence-corrected chi connectivity index (χ4v) is 2.23. The van der Waals surface area contributed by atoms with E-state index in [1.807, 2.05) is 34.6 Å². The van der Waals surface area contributed by atoms with Crippen molar-refractivity contribution >= 4 is 0 Å². The zero-order valence-electron chi connectivity index (χ0n) is 16.6. The van der Waals surface area contributed by atoms with Crippen LogP contribution in [0.4, 0.5) is 0 Å². The van der Waals surface area contributed by atoms with Crippen LogP contribution in [-0.2, 0) is 9.78 Å². The van der Waals surface area contributed by atoms with Crippen LogP contribution in [0.2, 0.25) is 0 Å². The van der Waals surface area contributed by atoms with E-state index in [1.54, 1.807) is 0 Å². The molecular formula is C21H40O2. The van der Waals surface area contributed by atoms with Gasteiger partial charge in [-0.05, 0) is 41.0 Å². The van der Waals surface area contributed by atoms with Gasteiger partial charge in [0.2, 0.25) is 0 Å². The summed E-state index contributed by atoms with van der Waals surface area (Å²) in [5.74, 6) is 6.40. The summed E-state index contributed by atoms with van der Waals surface area (Å²) >= 11 is 0. The monoisotopic (exact) mass is 324 g/mol. The van der Waals surface area contributed by atoms with E-state index >= 15 is 0 Å². The second-order valence-corrected chi connectivity index (χ2v) is 8.02. The van der Waals surface area contributed by atoms with E-state index in [2.05, 4.69) is 18.8 Å². The van der Waals surface area contributed by atoms with E-state index in [1.165, 1.54) is 64.2 Å². The Kier molecular flexibility index (Phi) is 12.6. The predicted octanol–water partition coefficient (Wildman–Crippen LogP) is 6.83. The Morgan fingerprint density at radius 3 is 1.61 bits per heavy atom. The van der Waals surface area contributed by atoms with Gasteiger partial charge in [-0.25, -0.2) is 9.78 Å². The third kappa shape index (κ3) is 17.7. The number of rotatable bonds is 12. The first-order valence-electron chi connectivity index (χ1n) is 9.64. The molecule has 0 amide bonds. The third-order valence-electron chi connectivity index (χ3n) is 3.54. The summed E-state index contributed by atoms with van der Waals surface area (Å²) in [5.41, 5.74) is -0.832. The molecule has 0 saturated heterocycles. The molecule has 23 heavy (non-hydrogen) atoms. The van der Waals surface area contributed by atoms with Gasteiger partial charge in [0.1, 0.15) is 0 Å². The van der Waals surface area contributed by atoms with Gasteiger partial charge in [0.25, 0.3) is 0 Å². The molecule has 0 aliphatic carbocycles. The molecular weight excluding hydrogens is 284 g/mol. The Balaban J connectivity index is 3.54. The summed E-state index contributed by atoms with van der Waals surface area (Å²) in [6.07, 6.45) is 14.6. The minimum Gasteiger partial charge on any atom is -0.229 e. The molecule has 0 aliphatic heterocycles. The molecule has 0 N–H and O–H groups in total. The maximum Gasteiger partial charge on any atom is 0.158 e. The summed E-state index contributed by atoms with van der Waals surface area (Å²) in [4.78, 5) is 10.8. The Labute approximate surface area is 145 Å². The molecule has 0 heterocycles. The molecule has 0 fully saturated rings. The van der Waals surface area contributed by atoms with Crippen LogP contribution in [0.25, 0.3) is 0 Å². The molecule has 0 radical (unpaired) electrons. The molecule has 2 nitrogen and oxygen atoms in total. The molecule has 0 bridgehead atoms. The highest BCUT2D eigenvalue weighted by atomic mass is 17.2. The second-order valence-electron chi connectivity index (χ2n) is 8.02. The van der Waals surface area contributed by atoms with Gasteiger partial charge in [-0.15, -0.1) is 5.92 Å². The van der Waals surface area contributed by atoms with E-state index in [0.29, 0.717) is 0 Å². The Hall–Kier alpha value is -0.520. The predicted molar refractivity (Wildman–Crippen MR) is 100 cm³/mol. The first-order chi connectivity index (χ1) is 10.8. The molecule has 0 saturated carbocycles. The fraction of sp³-hybridized carbons (Fsp3) is 0.905. The van der Waals surface area contributed by atoms with Crippen molar-refractivity contribution in [3.63, 3.8) is 0 Å². The van der Waals surface area contributed by atoms with Crippen LogP contribution in [0.15, 0.2) is 0 Å². The highest BCUT2D eigenvalue weighted by Gasteiger charge is 2.21. The van der Waals surface area contributed by atoms with Gasteiger partial charge in [0.15, 0.2) is 5.60 Å². The molecule has 0 aliphatic rings. The lowest BCUT2D eigenvalue weighted by Crippen LogP contribution is -2.29. The Morgan fingerprint density at radius 2 is 1.13 bits per heavy atom. The number of hydrogen-bond acceptors (Lipinski definition) is 2. The summed E-state index contributed by atoms with van der Waals surface area (Å²) in [5, 5.41) is 0. The van der Waals surface area contributed by atoms with E-state index in [0.717, 1.165) is 6.42 Å². The molecule has 0 rings (SSSR count). The largest absolute Gasteiger partial charge is 0.229 e. The van der Waals surface area contributed by atoms with E-state index in [9.17, 15) is 0 Å². The molecule has 136 valence electrons. The Bertz CT molecular complexity index is 328. The lowest BCUT2D eigenvalue weighted by atomic mass is 10.1. The first kappa shape index (κ1) is 22.5. The smallest absolute Gasteiger partial charge is 0.158 e. The van der Waals surface area contributed by atoms with Gasteiger partial charge in [-0.3, -0.25) is 0 Å². The average molecular weight is 325 g/mol. The summed E-state index contributed by atoms with van der Waals surface area (Å²) in [6.45, 7) is 12.1. The van der Waals surface area contributed by atoms with Crippen molar-refractivity contribution in [3.05, 3.63) is 0 Å². The lowest BCUT2D eigenvalue weighted by Gasteiger charge is -2.24. The maximum atomic E-state index is 5.42. The minimum absolute atomic E-state index is 0.296. The van der Waals surface area contributed by atoms with Crippen molar-refractivity contribution in [2.75, 3.05) is 0 Å². The SMILES string of the molecule is CCCCCCCCCCCCC#CC(C)(C)OOC(C)(C)C. The van der Waals surface area contributed by atoms with E-state index in [-0.39, 0.29) is 5.60 Å². The van der Waals surface area contributed by atoms with Gasteiger partial charge in [0, 0.05) is 6.42 Å². The quantitative estimate of drug-likeness (QED) is 0.169. The Morgan fingerprint density at radius 1 is 0.652 bits per heavy atom. The minimum atomic E-state index is -0.536. The van der Waals surface area contributed by atoms with Gasteiger partial charge in [-0.2, -0.15) is 0 Å². The van der Waals surface area contributed by atoms with Crippen molar-refractivity contribution in [2.24, 2.45) is 0 Å². The van der Waals surface area contributed by atoms with Crippen molar-refractivity contribution in [1.82, 2.24) is 0 Å². The fourth-order valence-electron chi connectivity index (χ4n) is 2.23. The standard InChI is InChI=1S/C21H40O2/c1-7-8-9-10-11-12-13-14-15-16-17-18-19-21(5,6)23-22-20(2,3)4/h7-17H2,1-6H3. The van der Waals surface area contributed by atoms with Gasteiger partial charge >= 0.3 is 0 Å². The van der Waals surface area contributed by atoms with E-state index in [4.69, 9.17) is 9.78 Å². The van der Waals surface area contributed by atoms with Crippen molar-refractivity contribution in [2.45, 2.75) is 123 Å². The van der Waals surface area contributed by atoms with Crippen LogP contribution in [0.5, 0.6) is 0 Å². The molecule has 0 aromatic carbocycles. The van der Waals surface area contributed by atoms with Crippen LogP contribution in [0, 0.1) is 11.8 Å². The maximum absolute atomic E-state index is 5.42. The summed E-state index contributed by atoms with van der Waals surface area (Å²) < 4.78 is 0. The van der Waals surface area contributed by atoms with Crippen molar-refractivity contribution < 1.29 is 9.78 Å². The molecule has 0 spiro atoms. The van der Waals surface area contributed by atoms with Gasteiger partial charge in [-0.1, -0.05) is 70.6 Å². The van der Waals surface area contributed by atoms with Crippen LogP contribution in [0.1, 0.15) is 112 Å². The molecule has 0 aromatic heterocycles. The highest BCUT2D eigenvalue weighted by Crippen LogP contribution is 2.15. The summed E-state index contributed by atoms with van der Waals surface area (Å²) in [6, 6.07) is 0. The normalized spacial score (nSPS) is 12.1. The third-order valence-corrected chi connectivity index (χ3v) is 3.54. The van der Waals surface area contributed by atoms with Crippen LogP contribution < -0.4 is 0 Å². The zero-order valence-corrected chi connectivity index (χ0v) is 16.6. The molecule has 2 heteroatoms. The van der Waals surface area contributed by atoms with Crippen LogP contribution in [0.3, 0.4) is 0 Å². The zero-order chi connectivity index (χ0) is 17.6. The number of unbranched alkanes of at least 4 members (excludes halogenated alkanes) is 10. The van der Waals surface area contributed by atoms with Crippen LogP contribution >= 0.6 is 0 Å². The first-order valence-corrected chi connectivity index (χ1v) is 9.64. The molecule has 0 atom stereocenters. The van der Waals surface area contributed by atoms with E-state index < -0.39 is 5.60 Å². The highest BCUT2D eigenvalue weighted by molar-refractivity contribution is 5.10. The lowest BCUT2D eigenvalue weighted by molar-refractivity contribution is -0.384. The average Bonchev–Trinajstić information content (AvgIpc) is 2.46. The van der Waals surface area contributed by atoms with Gasteiger partial charge in [0.05, 0.1) is 5.60 Å². The summed E-state index contributed by atoms with van der Waals surface area (Å²) in [7, 11) is 0. The molecule has 0 aromatic rings.